The highest BCUT2D eigenvalue weighted by Gasteiger charge is 2.26. The quantitative estimate of drug-likeness (QED) is 0.773. The number of carboxylic acids is 1. The smallest absolute Gasteiger partial charge is 0.390 e. The van der Waals surface area contributed by atoms with Gasteiger partial charge in [0.1, 0.15) is 0 Å². The van der Waals surface area contributed by atoms with Crippen LogP contribution in [-0.4, -0.2) is 30.3 Å². The maximum atomic E-state index is 11.9. The molecule has 1 unspecified atom stereocenters. The fourth-order valence-electron chi connectivity index (χ4n) is 1.51. The van der Waals surface area contributed by atoms with E-state index in [1.54, 1.807) is 30.3 Å². The second-order valence-electron chi connectivity index (χ2n) is 3.87. The summed E-state index contributed by atoms with van der Waals surface area (Å²) in [4.78, 5) is 11.0. The first-order valence-corrected chi connectivity index (χ1v) is 5.45. The lowest BCUT2D eigenvalue weighted by Gasteiger charge is -2.14. The molecule has 1 rings (SSSR count). The number of hydrogen-bond donors (Lipinski definition) is 2. The number of rotatable bonds is 6. The van der Waals surface area contributed by atoms with Gasteiger partial charge in [0.25, 0.3) is 0 Å². The van der Waals surface area contributed by atoms with Crippen LogP contribution in [0.25, 0.3) is 0 Å². The third-order valence-corrected chi connectivity index (χ3v) is 2.43. The van der Waals surface area contributed by atoms with Gasteiger partial charge < -0.3 is 10.4 Å². The van der Waals surface area contributed by atoms with Crippen molar-refractivity contribution in [2.75, 3.05) is 13.1 Å². The van der Waals surface area contributed by atoms with Gasteiger partial charge in [0.2, 0.25) is 0 Å². The molecule has 1 atom stereocenters. The fourth-order valence-corrected chi connectivity index (χ4v) is 1.51. The van der Waals surface area contributed by atoms with E-state index in [0.29, 0.717) is 5.56 Å². The van der Waals surface area contributed by atoms with Crippen molar-refractivity contribution in [3.8, 4) is 0 Å². The predicted octanol–water partition coefficient (Wildman–Crippen LogP) is 2.40. The number of carbonyl (C=O) groups is 1. The Morgan fingerprint density at radius 1 is 1.28 bits per heavy atom. The molecule has 0 radical (unpaired) electrons. The van der Waals surface area contributed by atoms with Crippen molar-refractivity contribution in [2.24, 2.45) is 0 Å². The monoisotopic (exact) mass is 261 g/mol. The van der Waals surface area contributed by atoms with E-state index in [1.165, 1.54) is 0 Å². The standard InChI is InChI=1S/C12H14F3NO2/c13-12(14,15)6-7-16-8-10(11(17)18)9-4-2-1-3-5-9/h1-5,10,16H,6-8H2,(H,17,18). The first kappa shape index (κ1) is 14.5. The lowest BCUT2D eigenvalue weighted by molar-refractivity contribution is -0.138. The summed E-state index contributed by atoms with van der Waals surface area (Å²) in [5.41, 5.74) is 0.574. The minimum absolute atomic E-state index is 0.0184. The van der Waals surface area contributed by atoms with Crippen LogP contribution in [-0.2, 0) is 4.79 Å². The largest absolute Gasteiger partial charge is 0.481 e. The second kappa shape index (κ2) is 6.39. The molecule has 0 saturated carbocycles. The van der Waals surface area contributed by atoms with Crippen LogP contribution in [0.5, 0.6) is 0 Å². The van der Waals surface area contributed by atoms with Gasteiger partial charge in [0.05, 0.1) is 12.3 Å². The van der Waals surface area contributed by atoms with E-state index in [2.05, 4.69) is 5.32 Å². The number of alkyl halides is 3. The lowest BCUT2D eigenvalue weighted by atomic mass is 9.99. The normalized spacial score (nSPS) is 13.3. The SMILES string of the molecule is O=C(O)C(CNCCC(F)(F)F)c1ccccc1. The van der Waals surface area contributed by atoms with Crippen LogP contribution in [0.3, 0.4) is 0 Å². The first-order valence-electron chi connectivity index (χ1n) is 5.45. The molecule has 0 amide bonds. The second-order valence-corrected chi connectivity index (χ2v) is 3.87. The Morgan fingerprint density at radius 3 is 2.39 bits per heavy atom. The Hall–Kier alpha value is -1.56. The van der Waals surface area contributed by atoms with Gasteiger partial charge in [-0.25, -0.2) is 0 Å². The molecule has 1 aromatic carbocycles. The number of benzene rings is 1. The Labute approximate surface area is 103 Å². The molecular formula is C12H14F3NO2. The van der Waals surface area contributed by atoms with Gasteiger partial charge in [-0.05, 0) is 5.56 Å². The molecule has 18 heavy (non-hydrogen) atoms. The van der Waals surface area contributed by atoms with Gasteiger partial charge in [-0.15, -0.1) is 0 Å². The number of hydrogen-bond acceptors (Lipinski definition) is 2. The van der Waals surface area contributed by atoms with Crippen LogP contribution in [0.2, 0.25) is 0 Å². The van der Waals surface area contributed by atoms with E-state index in [4.69, 9.17) is 5.11 Å². The molecule has 0 heterocycles. The van der Waals surface area contributed by atoms with Crippen molar-refractivity contribution in [1.29, 1.82) is 0 Å². The third-order valence-electron chi connectivity index (χ3n) is 2.43. The minimum atomic E-state index is -4.22. The Kier molecular flexibility index (Phi) is 5.15. The van der Waals surface area contributed by atoms with E-state index in [0.717, 1.165) is 0 Å². The summed E-state index contributed by atoms with van der Waals surface area (Å²) in [5, 5.41) is 11.5. The zero-order valence-electron chi connectivity index (χ0n) is 9.57. The first-order chi connectivity index (χ1) is 8.40. The molecule has 0 aliphatic carbocycles. The summed E-state index contributed by atoms with van der Waals surface area (Å²) in [6.07, 6.45) is -5.19. The van der Waals surface area contributed by atoms with Gasteiger partial charge in [-0.2, -0.15) is 13.2 Å². The van der Waals surface area contributed by atoms with Crippen LogP contribution in [0, 0.1) is 0 Å². The van der Waals surface area contributed by atoms with Gasteiger partial charge in [-0.3, -0.25) is 4.79 Å². The van der Waals surface area contributed by atoms with Crippen molar-refractivity contribution in [3.63, 3.8) is 0 Å². The molecule has 0 saturated heterocycles. The fraction of sp³-hybridized carbons (Fsp3) is 0.417. The number of carboxylic acid groups (broad SMARTS) is 1. The number of halogens is 3. The molecule has 6 heteroatoms. The summed E-state index contributed by atoms with van der Waals surface area (Å²) in [6, 6.07) is 8.43. The predicted molar refractivity (Wildman–Crippen MR) is 60.4 cm³/mol. The molecule has 0 bridgehead atoms. The molecule has 2 N–H and O–H groups in total. The summed E-state index contributed by atoms with van der Waals surface area (Å²) in [6.45, 7) is -0.296. The maximum absolute atomic E-state index is 11.9. The molecule has 0 aromatic heterocycles. The molecule has 1 aromatic rings. The van der Waals surface area contributed by atoms with Crippen molar-refractivity contribution in [2.45, 2.75) is 18.5 Å². The summed E-state index contributed by atoms with van der Waals surface area (Å²) < 4.78 is 35.7. The molecule has 0 spiro atoms. The Morgan fingerprint density at radius 2 is 1.89 bits per heavy atom. The van der Waals surface area contributed by atoms with Crippen LogP contribution < -0.4 is 5.32 Å². The highest BCUT2D eigenvalue weighted by atomic mass is 19.4. The van der Waals surface area contributed by atoms with Gasteiger partial charge >= 0.3 is 12.1 Å². The highest BCUT2D eigenvalue weighted by molar-refractivity contribution is 5.76. The Bertz CT molecular complexity index is 379. The van der Waals surface area contributed by atoms with Crippen LogP contribution >= 0.6 is 0 Å². The van der Waals surface area contributed by atoms with Gasteiger partial charge in [0.15, 0.2) is 0 Å². The zero-order valence-corrected chi connectivity index (χ0v) is 9.57. The van der Waals surface area contributed by atoms with Crippen molar-refractivity contribution in [3.05, 3.63) is 35.9 Å². The number of nitrogens with one attached hydrogen (secondary N) is 1. The van der Waals surface area contributed by atoms with E-state index in [-0.39, 0.29) is 13.1 Å². The highest BCUT2D eigenvalue weighted by Crippen LogP contribution is 2.19. The van der Waals surface area contributed by atoms with E-state index in [1.807, 2.05) is 0 Å². The molecule has 0 aliphatic heterocycles. The van der Waals surface area contributed by atoms with Gasteiger partial charge in [0, 0.05) is 13.1 Å². The molecule has 100 valence electrons. The Balaban J connectivity index is 2.48. The van der Waals surface area contributed by atoms with Crippen LogP contribution in [0.1, 0.15) is 17.9 Å². The lowest BCUT2D eigenvalue weighted by Crippen LogP contribution is -2.29. The van der Waals surface area contributed by atoms with Crippen LogP contribution in [0.4, 0.5) is 13.2 Å². The van der Waals surface area contributed by atoms with Crippen molar-refractivity contribution >= 4 is 5.97 Å². The average Bonchev–Trinajstić information content (AvgIpc) is 2.28. The van der Waals surface area contributed by atoms with Gasteiger partial charge in [-0.1, -0.05) is 30.3 Å². The van der Waals surface area contributed by atoms with Crippen molar-refractivity contribution in [1.82, 2.24) is 5.32 Å². The third kappa shape index (κ3) is 5.18. The van der Waals surface area contributed by atoms with E-state index >= 15 is 0 Å². The molecule has 3 nitrogen and oxygen atoms in total. The molecular weight excluding hydrogens is 247 g/mol. The summed E-state index contributed by atoms with van der Waals surface area (Å²) in [5.74, 6) is -1.89. The average molecular weight is 261 g/mol. The zero-order chi connectivity index (χ0) is 13.6. The summed E-state index contributed by atoms with van der Waals surface area (Å²) >= 11 is 0. The molecule has 0 fully saturated rings. The summed E-state index contributed by atoms with van der Waals surface area (Å²) in [7, 11) is 0. The maximum Gasteiger partial charge on any atom is 0.390 e. The minimum Gasteiger partial charge on any atom is -0.481 e. The molecule has 0 aliphatic rings. The van der Waals surface area contributed by atoms with Crippen molar-refractivity contribution < 1.29 is 23.1 Å². The number of aliphatic carboxylic acids is 1. The van der Waals surface area contributed by atoms with E-state index in [9.17, 15) is 18.0 Å². The topological polar surface area (TPSA) is 49.3 Å². The van der Waals surface area contributed by atoms with Crippen LogP contribution in [0.15, 0.2) is 30.3 Å². The van der Waals surface area contributed by atoms with E-state index < -0.39 is 24.5 Å².